The van der Waals surface area contributed by atoms with Crippen LogP contribution in [0, 0.1) is 17.5 Å². The number of rotatable bonds is 4. The topological polar surface area (TPSA) is 46.5 Å². The Morgan fingerprint density at radius 3 is 2.40 bits per heavy atom. The summed E-state index contributed by atoms with van der Waals surface area (Å²) >= 11 is 0. The highest BCUT2D eigenvalue weighted by Gasteiger charge is 2.16. The average Bonchev–Trinajstić information content (AvgIpc) is 2.43. The largest absolute Gasteiger partial charge is 0.488 e. The molecule has 0 bridgehead atoms. The smallest absolute Gasteiger partial charge is 0.339 e. The second-order valence-electron chi connectivity index (χ2n) is 3.91. The summed E-state index contributed by atoms with van der Waals surface area (Å²) in [4.78, 5) is 10.9. The molecule has 1 N–H and O–H groups in total. The molecule has 2 rings (SSSR count). The van der Waals surface area contributed by atoms with Gasteiger partial charge in [0.2, 0.25) is 0 Å². The van der Waals surface area contributed by atoms with Gasteiger partial charge in [-0.05, 0) is 24.3 Å². The molecular weight excluding hydrogens is 273 g/mol. The minimum absolute atomic E-state index is 0.0527. The number of halogens is 3. The molecule has 0 saturated carbocycles. The maximum absolute atomic E-state index is 13.4. The Morgan fingerprint density at radius 1 is 1.05 bits per heavy atom. The highest BCUT2D eigenvalue weighted by Crippen LogP contribution is 2.22. The molecule has 0 unspecified atom stereocenters. The van der Waals surface area contributed by atoms with Crippen LogP contribution >= 0.6 is 0 Å². The van der Waals surface area contributed by atoms with Crippen molar-refractivity contribution in [1.82, 2.24) is 0 Å². The predicted octanol–water partition coefficient (Wildman–Crippen LogP) is 3.38. The van der Waals surface area contributed by atoms with Crippen LogP contribution in [-0.2, 0) is 6.61 Å². The molecule has 0 saturated heterocycles. The minimum atomic E-state index is -1.35. The molecule has 2 aromatic rings. The summed E-state index contributed by atoms with van der Waals surface area (Å²) in [6.45, 7) is -0.611. The van der Waals surface area contributed by atoms with Crippen molar-refractivity contribution in [3.63, 3.8) is 0 Å². The Balaban J connectivity index is 2.26. The van der Waals surface area contributed by atoms with Gasteiger partial charge in [0.15, 0.2) is 11.6 Å². The van der Waals surface area contributed by atoms with Crippen LogP contribution in [-0.4, -0.2) is 11.1 Å². The van der Waals surface area contributed by atoms with E-state index in [-0.39, 0.29) is 11.3 Å². The highest BCUT2D eigenvalue weighted by atomic mass is 19.2. The van der Waals surface area contributed by atoms with Crippen molar-refractivity contribution in [1.29, 1.82) is 0 Å². The molecule has 0 aliphatic rings. The van der Waals surface area contributed by atoms with Gasteiger partial charge >= 0.3 is 5.97 Å². The van der Waals surface area contributed by atoms with Gasteiger partial charge in [-0.2, -0.15) is 0 Å². The molecule has 20 heavy (non-hydrogen) atoms. The Morgan fingerprint density at radius 2 is 1.70 bits per heavy atom. The number of carboxylic acids is 1. The fourth-order valence-electron chi connectivity index (χ4n) is 1.62. The zero-order valence-electron chi connectivity index (χ0n) is 10.1. The second kappa shape index (κ2) is 5.64. The lowest BCUT2D eigenvalue weighted by Crippen LogP contribution is -2.07. The SMILES string of the molecule is O=C(O)c1ccccc1OCc1c(F)ccc(F)c1F. The quantitative estimate of drug-likeness (QED) is 0.874. The predicted molar refractivity (Wildman–Crippen MR) is 64.0 cm³/mol. The molecule has 2 aromatic carbocycles. The van der Waals surface area contributed by atoms with E-state index in [1.54, 1.807) is 0 Å². The van der Waals surface area contributed by atoms with Gasteiger partial charge in [0.05, 0.1) is 5.56 Å². The van der Waals surface area contributed by atoms with Crippen molar-refractivity contribution in [3.05, 3.63) is 65.0 Å². The number of hydrogen-bond acceptors (Lipinski definition) is 2. The number of carbonyl (C=O) groups is 1. The molecule has 104 valence electrons. The first-order chi connectivity index (χ1) is 9.50. The van der Waals surface area contributed by atoms with Crippen molar-refractivity contribution in [2.45, 2.75) is 6.61 Å². The summed E-state index contributed by atoms with van der Waals surface area (Å²) in [7, 11) is 0. The summed E-state index contributed by atoms with van der Waals surface area (Å²) in [5, 5.41) is 8.93. The van der Waals surface area contributed by atoms with Crippen LogP contribution in [0.25, 0.3) is 0 Å². The molecule has 3 nitrogen and oxygen atoms in total. The first-order valence-electron chi connectivity index (χ1n) is 5.58. The standard InChI is InChI=1S/C14H9F3O3/c15-10-5-6-11(16)13(17)9(10)7-20-12-4-2-1-3-8(12)14(18)19/h1-6H,7H2,(H,18,19). The molecule has 0 heterocycles. The molecular formula is C14H9F3O3. The Kier molecular flexibility index (Phi) is 3.93. The van der Waals surface area contributed by atoms with Crippen molar-refractivity contribution < 1.29 is 27.8 Å². The van der Waals surface area contributed by atoms with E-state index in [1.165, 1.54) is 24.3 Å². The van der Waals surface area contributed by atoms with E-state index >= 15 is 0 Å². The zero-order valence-corrected chi connectivity index (χ0v) is 10.1. The molecule has 0 amide bonds. The van der Waals surface area contributed by atoms with E-state index in [0.717, 1.165) is 6.07 Å². The molecule has 0 aliphatic heterocycles. The number of hydrogen-bond donors (Lipinski definition) is 1. The first kappa shape index (κ1) is 13.9. The van der Waals surface area contributed by atoms with Gasteiger partial charge in [-0.3, -0.25) is 0 Å². The van der Waals surface area contributed by atoms with E-state index in [1.807, 2.05) is 0 Å². The maximum Gasteiger partial charge on any atom is 0.339 e. The van der Waals surface area contributed by atoms with Crippen LogP contribution in [0.2, 0.25) is 0 Å². The van der Waals surface area contributed by atoms with Gasteiger partial charge in [0, 0.05) is 0 Å². The fraction of sp³-hybridized carbons (Fsp3) is 0.0714. The summed E-state index contributed by atoms with van der Waals surface area (Å²) in [5.41, 5.74) is -0.741. The summed E-state index contributed by atoms with van der Waals surface area (Å²) in [6.07, 6.45) is 0. The fourth-order valence-corrected chi connectivity index (χ4v) is 1.62. The van der Waals surface area contributed by atoms with Crippen LogP contribution in [0.15, 0.2) is 36.4 Å². The molecule has 0 aliphatic carbocycles. The Bertz CT molecular complexity index is 656. The molecule has 0 radical (unpaired) electrons. The third-order valence-corrected chi connectivity index (χ3v) is 2.63. The second-order valence-corrected chi connectivity index (χ2v) is 3.91. The van der Waals surface area contributed by atoms with Gasteiger partial charge < -0.3 is 9.84 Å². The molecule has 0 fully saturated rings. The number of benzene rings is 2. The van der Waals surface area contributed by atoms with Gasteiger partial charge in [0.1, 0.15) is 23.7 Å². The van der Waals surface area contributed by atoms with Gasteiger partial charge in [-0.25, -0.2) is 18.0 Å². The Labute approximate surface area is 112 Å². The minimum Gasteiger partial charge on any atom is -0.488 e. The lowest BCUT2D eigenvalue weighted by atomic mass is 10.2. The van der Waals surface area contributed by atoms with Crippen molar-refractivity contribution in [3.8, 4) is 5.75 Å². The van der Waals surface area contributed by atoms with Gasteiger partial charge in [-0.1, -0.05) is 12.1 Å². The molecule has 6 heteroatoms. The van der Waals surface area contributed by atoms with E-state index < -0.39 is 35.6 Å². The van der Waals surface area contributed by atoms with Crippen molar-refractivity contribution in [2.24, 2.45) is 0 Å². The third kappa shape index (κ3) is 2.74. The van der Waals surface area contributed by atoms with Crippen LogP contribution in [0.5, 0.6) is 5.75 Å². The van der Waals surface area contributed by atoms with E-state index in [4.69, 9.17) is 9.84 Å². The number of carboxylic acid groups (broad SMARTS) is 1. The van der Waals surface area contributed by atoms with Gasteiger partial charge in [-0.15, -0.1) is 0 Å². The maximum atomic E-state index is 13.4. The van der Waals surface area contributed by atoms with Crippen LogP contribution < -0.4 is 4.74 Å². The van der Waals surface area contributed by atoms with E-state index in [2.05, 4.69) is 0 Å². The summed E-state index contributed by atoms with van der Waals surface area (Å²) in [6, 6.07) is 7.08. The Hall–Kier alpha value is -2.50. The molecule has 0 aromatic heterocycles. The number of aromatic carboxylic acids is 1. The van der Waals surface area contributed by atoms with E-state index in [9.17, 15) is 18.0 Å². The van der Waals surface area contributed by atoms with E-state index in [0.29, 0.717) is 6.07 Å². The van der Waals surface area contributed by atoms with Crippen LogP contribution in [0.1, 0.15) is 15.9 Å². The van der Waals surface area contributed by atoms with Crippen molar-refractivity contribution in [2.75, 3.05) is 0 Å². The normalized spacial score (nSPS) is 10.3. The highest BCUT2D eigenvalue weighted by molar-refractivity contribution is 5.90. The van der Waals surface area contributed by atoms with Gasteiger partial charge in [0.25, 0.3) is 0 Å². The zero-order chi connectivity index (χ0) is 14.7. The first-order valence-corrected chi connectivity index (χ1v) is 5.58. The van der Waals surface area contributed by atoms with Crippen molar-refractivity contribution >= 4 is 5.97 Å². The average molecular weight is 282 g/mol. The number of ether oxygens (including phenoxy) is 1. The summed E-state index contributed by atoms with van der Waals surface area (Å²) in [5.74, 6) is -4.80. The molecule has 0 atom stereocenters. The third-order valence-electron chi connectivity index (χ3n) is 2.63. The van der Waals surface area contributed by atoms with Crippen LogP contribution in [0.4, 0.5) is 13.2 Å². The monoisotopic (exact) mass is 282 g/mol. The van der Waals surface area contributed by atoms with Crippen LogP contribution in [0.3, 0.4) is 0 Å². The number of para-hydroxylation sites is 1. The lowest BCUT2D eigenvalue weighted by Gasteiger charge is -2.10. The lowest BCUT2D eigenvalue weighted by molar-refractivity contribution is 0.0691. The molecule has 0 spiro atoms. The summed E-state index contributed by atoms with van der Waals surface area (Å²) < 4.78 is 44.9.